The Bertz CT molecular complexity index is 307. The summed E-state index contributed by atoms with van der Waals surface area (Å²) in [4.78, 5) is 25.2. The first-order valence-electron chi connectivity index (χ1n) is 5.35. The lowest BCUT2D eigenvalue weighted by atomic mass is 10.00. The molecule has 2 atom stereocenters. The van der Waals surface area contributed by atoms with Gasteiger partial charge < -0.3 is 19.4 Å². The van der Waals surface area contributed by atoms with Gasteiger partial charge in [0.2, 0.25) is 0 Å². The summed E-state index contributed by atoms with van der Waals surface area (Å²) in [5.74, 6) is -1.19. The van der Waals surface area contributed by atoms with E-state index in [2.05, 4.69) is 14.3 Å². The van der Waals surface area contributed by atoms with E-state index in [1.165, 1.54) is 0 Å². The maximum atomic E-state index is 11.1. The van der Waals surface area contributed by atoms with Crippen LogP contribution in [0.4, 0.5) is 4.79 Å². The Kier molecular flexibility index (Phi) is 6.71. The maximum Gasteiger partial charge on any atom is 0.509 e. The van der Waals surface area contributed by atoms with Gasteiger partial charge in [-0.15, -0.1) is 0 Å². The smallest absolute Gasteiger partial charge is 0.478 e. The van der Waals surface area contributed by atoms with Crippen LogP contribution in [0.5, 0.6) is 0 Å². The molecule has 1 unspecified atom stereocenters. The van der Waals surface area contributed by atoms with E-state index in [4.69, 9.17) is 11.7 Å². The maximum absolute atomic E-state index is 11.1. The lowest BCUT2D eigenvalue weighted by molar-refractivity contribution is -0.149. The zero-order valence-corrected chi connectivity index (χ0v) is 10.2. The molecule has 6 nitrogen and oxygen atoms in total. The highest BCUT2D eigenvalue weighted by atomic mass is 16.7. The van der Waals surface area contributed by atoms with Gasteiger partial charge in [0.15, 0.2) is 0 Å². The second-order valence-electron chi connectivity index (χ2n) is 3.89. The number of carboxylic acid groups (broad SMARTS) is 1. The van der Waals surface area contributed by atoms with Crippen LogP contribution in [0, 0.1) is 12.5 Å². The molecule has 1 N–H and O–H groups in total. The largest absolute Gasteiger partial charge is 0.509 e. The Hall–Kier alpha value is -1.77. The molecule has 0 heterocycles. The summed E-state index contributed by atoms with van der Waals surface area (Å²) in [5.41, 5.74) is 0. The normalized spacial score (nSPS) is 13.6. The lowest BCUT2D eigenvalue weighted by Crippen LogP contribution is -2.37. The molecule has 0 aliphatic carbocycles. The van der Waals surface area contributed by atoms with Crippen molar-refractivity contribution in [1.29, 1.82) is 0 Å². The van der Waals surface area contributed by atoms with Crippen LogP contribution in [0.15, 0.2) is 0 Å². The zero-order valence-electron chi connectivity index (χ0n) is 10.2. The van der Waals surface area contributed by atoms with Crippen LogP contribution >= 0.6 is 0 Å². The van der Waals surface area contributed by atoms with E-state index in [-0.39, 0.29) is 12.5 Å². The van der Waals surface area contributed by atoms with Gasteiger partial charge in [0, 0.05) is 6.42 Å². The number of hydrogen-bond acceptors (Lipinski definition) is 4. The van der Waals surface area contributed by atoms with Crippen molar-refractivity contribution in [2.45, 2.75) is 39.3 Å². The fourth-order valence-corrected chi connectivity index (χ4v) is 1.28. The molecular formula is C11H17NO5. The number of carboxylic acids is 1. The first-order valence-corrected chi connectivity index (χ1v) is 5.35. The average molecular weight is 243 g/mol. The summed E-state index contributed by atoms with van der Waals surface area (Å²) in [6.45, 7) is 12.4. The van der Waals surface area contributed by atoms with Crippen LogP contribution in [0.1, 0.15) is 27.2 Å². The van der Waals surface area contributed by atoms with Gasteiger partial charge in [0.25, 0.3) is 12.1 Å². The fourth-order valence-electron chi connectivity index (χ4n) is 1.28. The minimum atomic E-state index is -1.48. The molecule has 17 heavy (non-hydrogen) atoms. The first-order chi connectivity index (χ1) is 7.92. The summed E-state index contributed by atoms with van der Waals surface area (Å²) in [6.07, 6.45) is -2.19. The highest BCUT2D eigenvalue weighted by Gasteiger charge is 2.37. The summed E-state index contributed by atoms with van der Waals surface area (Å²) < 4.78 is 9.13. The molecule has 0 aliphatic heterocycles. The molecule has 0 saturated carbocycles. The van der Waals surface area contributed by atoms with Gasteiger partial charge >= 0.3 is 12.1 Å². The Morgan fingerprint density at radius 1 is 1.41 bits per heavy atom. The van der Waals surface area contributed by atoms with Crippen molar-refractivity contribution < 1.29 is 24.2 Å². The van der Waals surface area contributed by atoms with E-state index in [0.717, 1.165) is 0 Å². The van der Waals surface area contributed by atoms with Gasteiger partial charge in [-0.2, -0.15) is 0 Å². The molecule has 96 valence electrons. The molecule has 0 aromatic heterocycles. The van der Waals surface area contributed by atoms with E-state index >= 15 is 0 Å². The number of carbonyl (C=O) groups excluding carboxylic acids is 1. The molecule has 0 saturated heterocycles. The second kappa shape index (κ2) is 7.49. The van der Waals surface area contributed by atoms with Crippen molar-refractivity contribution in [3.8, 4) is 0 Å². The molecule has 0 aromatic carbocycles. The first kappa shape index (κ1) is 15.2. The summed E-state index contributed by atoms with van der Waals surface area (Å²) in [5, 5.41) is 8.93. The van der Waals surface area contributed by atoms with Crippen LogP contribution < -0.4 is 0 Å². The molecule has 0 spiro atoms. The standard InChI is InChI=1S/C11H17NO5/c1-5-16-11(15)17-9(10(13)14)8(12-4)6-7(2)3/h7-9H,5-6H2,1-3H3,(H,13,14)/t8-,9?/m0/s1. The molecule has 0 aromatic rings. The van der Waals surface area contributed by atoms with Crippen molar-refractivity contribution in [3.63, 3.8) is 0 Å². The Morgan fingerprint density at radius 2 is 2.00 bits per heavy atom. The third kappa shape index (κ3) is 5.76. The monoisotopic (exact) mass is 243 g/mol. The molecule has 0 radical (unpaired) electrons. The van der Waals surface area contributed by atoms with Crippen LogP contribution in [0.2, 0.25) is 0 Å². The molecular weight excluding hydrogens is 226 g/mol. The summed E-state index contributed by atoms with van der Waals surface area (Å²) in [7, 11) is 0. The van der Waals surface area contributed by atoms with E-state index < -0.39 is 24.3 Å². The third-order valence-electron chi connectivity index (χ3n) is 1.96. The summed E-state index contributed by atoms with van der Waals surface area (Å²) >= 11 is 0. The van der Waals surface area contributed by atoms with E-state index in [1.54, 1.807) is 6.92 Å². The van der Waals surface area contributed by atoms with Gasteiger partial charge in [-0.1, -0.05) is 13.8 Å². The van der Waals surface area contributed by atoms with E-state index in [0.29, 0.717) is 6.42 Å². The van der Waals surface area contributed by atoms with Gasteiger partial charge in [0.05, 0.1) is 6.61 Å². The van der Waals surface area contributed by atoms with Crippen molar-refractivity contribution >= 4 is 12.1 Å². The number of carbonyl (C=O) groups is 2. The molecule has 0 amide bonds. The number of aliphatic carboxylic acids is 1. The number of rotatable bonds is 6. The van der Waals surface area contributed by atoms with Crippen molar-refractivity contribution in [2.75, 3.05) is 6.61 Å². The highest BCUT2D eigenvalue weighted by Crippen LogP contribution is 2.15. The Morgan fingerprint density at radius 3 is 2.35 bits per heavy atom. The predicted octanol–water partition coefficient (Wildman–Crippen LogP) is 1.95. The summed E-state index contributed by atoms with van der Waals surface area (Å²) in [6, 6.07) is -0.892. The molecule has 0 rings (SSSR count). The number of nitrogens with zero attached hydrogens (tertiary/aromatic N) is 1. The topological polar surface area (TPSA) is 77.2 Å². The average Bonchev–Trinajstić information content (AvgIpc) is 2.22. The van der Waals surface area contributed by atoms with Gasteiger partial charge in [0.1, 0.15) is 0 Å². The SMILES string of the molecule is [C-]#[N+][C@@H](CC(C)C)C(OC(=O)OCC)C(=O)O. The van der Waals surface area contributed by atoms with E-state index in [1.807, 2.05) is 13.8 Å². The molecule has 6 heteroatoms. The van der Waals surface area contributed by atoms with Crippen LogP contribution in [0.3, 0.4) is 0 Å². The van der Waals surface area contributed by atoms with Crippen LogP contribution in [-0.2, 0) is 14.3 Å². The minimum Gasteiger partial charge on any atom is -0.478 e. The Labute approximate surface area is 100 Å². The molecule has 0 fully saturated rings. The number of ether oxygens (including phenoxy) is 2. The van der Waals surface area contributed by atoms with Gasteiger partial charge in [-0.25, -0.2) is 16.2 Å². The third-order valence-corrected chi connectivity index (χ3v) is 1.96. The van der Waals surface area contributed by atoms with Crippen molar-refractivity contribution in [2.24, 2.45) is 5.92 Å². The predicted molar refractivity (Wildman–Crippen MR) is 59.4 cm³/mol. The van der Waals surface area contributed by atoms with Crippen LogP contribution in [0.25, 0.3) is 4.85 Å². The quantitative estimate of drug-likeness (QED) is 0.570. The number of hydrogen-bond donors (Lipinski definition) is 1. The fraction of sp³-hybridized carbons (Fsp3) is 0.727. The van der Waals surface area contributed by atoms with Gasteiger partial charge in [-0.05, 0) is 12.8 Å². The second-order valence-corrected chi connectivity index (χ2v) is 3.89. The van der Waals surface area contributed by atoms with E-state index in [9.17, 15) is 9.59 Å². The van der Waals surface area contributed by atoms with Crippen LogP contribution in [-0.4, -0.2) is 36.0 Å². The highest BCUT2D eigenvalue weighted by molar-refractivity contribution is 5.76. The molecule has 0 bridgehead atoms. The molecule has 0 aliphatic rings. The van der Waals surface area contributed by atoms with Crippen molar-refractivity contribution in [3.05, 3.63) is 11.4 Å². The van der Waals surface area contributed by atoms with Gasteiger partial charge in [-0.3, -0.25) is 0 Å². The van der Waals surface area contributed by atoms with Crippen molar-refractivity contribution in [1.82, 2.24) is 0 Å². The zero-order chi connectivity index (χ0) is 13.4. The lowest BCUT2D eigenvalue weighted by Gasteiger charge is -2.16. The minimum absolute atomic E-state index is 0.0953. The Balaban J connectivity index is 4.65.